The van der Waals surface area contributed by atoms with E-state index >= 15 is 0 Å². The smallest absolute Gasteiger partial charge is 0.254 e. The third kappa shape index (κ3) is 3.90. The molecular weight excluding hydrogens is 762 g/mol. The number of benzene rings is 2. The number of nitrogens with zero attached hydrogens (tertiary/aromatic N) is 2. The van der Waals surface area contributed by atoms with Gasteiger partial charge in [-0.05, 0) is 83.2 Å². The average molecular weight is 788 g/mol. The minimum Gasteiger partial charge on any atom is -0.504 e. The zero-order valence-electron chi connectivity index (χ0n) is 22.6. The number of hydrogen-bond acceptors (Lipinski definition) is 6. The van der Waals surface area contributed by atoms with Crippen LogP contribution in [-0.2, 0) is 25.6 Å². The van der Waals surface area contributed by atoms with Crippen LogP contribution in [0.1, 0.15) is 36.8 Å². The van der Waals surface area contributed by atoms with Crippen molar-refractivity contribution >= 4 is 91.0 Å². The molecule has 4 amide bonds. The molecule has 0 aromatic heterocycles. The van der Waals surface area contributed by atoms with Gasteiger partial charge in [-0.2, -0.15) is 0 Å². The first-order valence-corrected chi connectivity index (χ1v) is 16.4. The highest BCUT2D eigenvalue weighted by atomic mass is 127. The Hall–Kier alpha value is -2.15. The van der Waals surface area contributed by atoms with Gasteiger partial charge in [-0.25, -0.2) is 0 Å². The predicted octanol–water partition coefficient (Wildman–Crippen LogP) is 5.48. The maximum Gasteiger partial charge on any atom is 0.254 e. The van der Waals surface area contributed by atoms with Crippen molar-refractivity contribution in [3.05, 3.63) is 62.7 Å². The minimum absolute atomic E-state index is 0.0788. The second-order valence-corrected chi connectivity index (χ2v) is 14.0. The van der Waals surface area contributed by atoms with Gasteiger partial charge in [-0.3, -0.25) is 29.0 Å². The van der Waals surface area contributed by atoms with Gasteiger partial charge in [0.05, 0.1) is 33.7 Å². The standard InChI is InChI=1S/C30H26BrCl2IN2O6/c1-3-14-4-6-16(7-5-14)36-25(38)18-9-8-17-19(22(18)26(36)39)12-29(32)27(40)35(13-31)28(41)30(29,33)23(17)15-10-20(34)24(37)21(11-15)42-2/h4-8,10-11,18-19,22-23,37H,3,9,12-13H2,1-2H3/t18-,19+,22-,23-,29+,30-/m0/s1. The van der Waals surface area contributed by atoms with Crippen molar-refractivity contribution in [2.24, 2.45) is 17.8 Å². The summed E-state index contributed by atoms with van der Waals surface area (Å²) in [5.74, 6) is -4.91. The third-order valence-electron chi connectivity index (χ3n) is 9.22. The summed E-state index contributed by atoms with van der Waals surface area (Å²) in [4.78, 5) is 54.0. The Kier molecular flexibility index (Phi) is 7.47. The summed E-state index contributed by atoms with van der Waals surface area (Å²) < 4.78 is 5.85. The Morgan fingerprint density at radius 3 is 2.38 bits per heavy atom. The lowest BCUT2D eigenvalue weighted by atomic mass is 9.56. The number of allylic oxidation sites excluding steroid dienone is 2. The summed E-state index contributed by atoms with van der Waals surface area (Å²) in [5, 5.41) is 10.6. The highest BCUT2D eigenvalue weighted by Crippen LogP contribution is 2.66. The van der Waals surface area contributed by atoms with Gasteiger partial charge in [0.15, 0.2) is 21.2 Å². The Morgan fingerprint density at radius 2 is 1.76 bits per heavy atom. The second-order valence-electron chi connectivity index (χ2n) is 11.1. The van der Waals surface area contributed by atoms with E-state index in [-0.39, 0.29) is 41.6 Å². The Labute approximate surface area is 274 Å². The fourth-order valence-corrected chi connectivity index (χ4v) is 9.23. The predicted molar refractivity (Wildman–Crippen MR) is 169 cm³/mol. The van der Waals surface area contributed by atoms with Gasteiger partial charge in [0.25, 0.3) is 11.8 Å². The number of halogens is 4. The van der Waals surface area contributed by atoms with Gasteiger partial charge in [0.1, 0.15) is 0 Å². The van der Waals surface area contributed by atoms with E-state index in [1.54, 1.807) is 24.3 Å². The number of aromatic hydroxyl groups is 1. The molecule has 0 bridgehead atoms. The lowest BCUT2D eigenvalue weighted by Gasteiger charge is -2.50. The summed E-state index contributed by atoms with van der Waals surface area (Å²) in [6.45, 7) is 2.03. The Morgan fingerprint density at radius 1 is 1.07 bits per heavy atom. The quantitative estimate of drug-likeness (QED) is 0.142. The van der Waals surface area contributed by atoms with E-state index in [1.165, 1.54) is 12.0 Å². The molecule has 0 unspecified atom stereocenters. The fraction of sp³-hybridized carbons (Fsp3) is 0.400. The van der Waals surface area contributed by atoms with Crippen molar-refractivity contribution in [2.75, 3.05) is 17.5 Å². The molecule has 42 heavy (non-hydrogen) atoms. The molecule has 6 rings (SSSR count). The summed E-state index contributed by atoms with van der Waals surface area (Å²) in [5.41, 5.74) is 2.65. The Bertz CT molecular complexity index is 1580. The zero-order chi connectivity index (χ0) is 30.3. The maximum atomic E-state index is 14.1. The first-order chi connectivity index (χ1) is 19.9. The first-order valence-electron chi connectivity index (χ1n) is 13.5. The number of rotatable bonds is 5. The van der Waals surface area contributed by atoms with Crippen LogP contribution >= 0.6 is 61.7 Å². The zero-order valence-corrected chi connectivity index (χ0v) is 27.8. The van der Waals surface area contributed by atoms with Crippen molar-refractivity contribution in [2.45, 2.75) is 41.9 Å². The van der Waals surface area contributed by atoms with Crippen LogP contribution < -0.4 is 9.64 Å². The van der Waals surface area contributed by atoms with Crippen LogP contribution in [0.15, 0.2) is 48.0 Å². The minimum atomic E-state index is -1.93. The number of anilines is 1. The van der Waals surface area contributed by atoms with Crippen molar-refractivity contribution in [1.82, 2.24) is 4.90 Å². The number of alkyl halides is 3. The number of likely N-dealkylation sites (tertiary alicyclic amines) is 1. The molecule has 2 saturated heterocycles. The van der Waals surface area contributed by atoms with Crippen LogP contribution in [0.3, 0.4) is 0 Å². The molecule has 1 saturated carbocycles. The summed E-state index contributed by atoms with van der Waals surface area (Å²) in [7, 11) is 1.41. The number of aryl methyl sites for hydroxylation is 1. The van der Waals surface area contributed by atoms with Gasteiger partial charge < -0.3 is 9.84 Å². The van der Waals surface area contributed by atoms with Crippen molar-refractivity contribution in [1.29, 1.82) is 0 Å². The van der Waals surface area contributed by atoms with E-state index in [0.29, 0.717) is 20.4 Å². The number of ether oxygens (including phenoxy) is 1. The van der Waals surface area contributed by atoms with Crippen LogP contribution in [0.4, 0.5) is 5.69 Å². The maximum absolute atomic E-state index is 14.1. The molecule has 0 spiro atoms. The van der Waals surface area contributed by atoms with E-state index in [9.17, 15) is 24.3 Å². The molecule has 2 aromatic carbocycles. The van der Waals surface area contributed by atoms with Crippen LogP contribution in [-0.4, -0.2) is 55.9 Å². The molecule has 2 aliphatic heterocycles. The van der Waals surface area contributed by atoms with Crippen LogP contribution in [0.2, 0.25) is 0 Å². The van der Waals surface area contributed by atoms with Gasteiger partial charge >= 0.3 is 0 Å². The number of fused-ring (bicyclic) bond motifs is 4. The first kappa shape index (κ1) is 29.9. The van der Waals surface area contributed by atoms with Gasteiger partial charge in [-0.1, -0.05) is 46.6 Å². The summed E-state index contributed by atoms with van der Waals surface area (Å²) in [6.07, 6.45) is 2.87. The van der Waals surface area contributed by atoms with E-state index in [2.05, 4.69) is 15.9 Å². The number of phenols is 1. The lowest BCUT2D eigenvalue weighted by Crippen LogP contribution is -2.60. The van der Waals surface area contributed by atoms with Crippen LogP contribution in [0.5, 0.6) is 11.5 Å². The fourth-order valence-electron chi connectivity index (χ4n) is 7.18. The van der Waals surface area contributed by atoms with Gasteiger partial charge in [-0.15, -0.1) is 23.2 Å². The van der Waals surface area contributed by atoms with E-state index in [4.69, 9.17) is 27.9 Å². The third-order valence-corrected chi connectivity index (χ3v) is 12.0. The number of amides is 4. The SMILES string of the molecule is CCc1ccc(N2C(=O)[C@H]3[C@H](CC=C4[C@H]3C[C@@]3(Cl)C(=O)N(CBr)C(=O)[C@@]3(Cl)[C@H]4c3cc(I)c(O)c(OC)c3)C2=O)cc1. The summed E-state index contributed by atoms with van der Waals surface area (Å²) in [6, 6.07) is 10.6. The second kappa shape index (κ2) is 10.5. The molecule has 4 aliphatic rings. The van der Waals surface area contributed by atoms with Crippen molar-refractivity contribution in [3.63, 3.8) is 0 Å². The van der Waals surface area contributed by atoms with Crippen molar-refractivity contribution < 1.29 is 29.0 Å². The molecule has 2 aliphatic carbocycles. The number of carbonyl (C=O) groups excluding carboxylic acids is 4. The molecule has 6 atom stereocenters. The van der Waals surface area contributed by atoms with Gasteiger partial charge in [0, 0.05) is 5.92 Å². The topological polar surface area (TPSA) is 104 Å². The van der Waals surface area contributed by atoms with E-state index in [1.807, 2.05) is 47.7 Å². The average Bonchev–Trinajstić information content (AvgIpc) is 3.32. The number of imide groups is 2. The molecular formula is C30H26BrCl2IN2O6. The molecule has 3 fully saturated rings. The number of phenolic OH excluding ortho intramolecular Hbond substituents is 1. The largest absolute Gasteiger partial charge is 0.504 e. The number of methoxy groups -OCH3 is 1. The normalized spacial score (nSPS) is 32.1. The van der Waals surface area contributed by atoms with Crippen molar-refractivity contribution in [3.8, 4) is 11.5 Å². The molecule has 1 N–H and O–H groups in total. The summed E-state index contributed by atoms with van der Waals surface area (Å²) >= 11 is 19.7. The monoisotopic (exact) mass is 786 g/mol. The molecule has 12 heteroatoms. The van der Waals surface area contributed by atoms with E-state index < -0.39 is 45.2 Å². The highest BCUT2D eigenvalue weighted by Gasteiger charge is 2.76. The highest BCUT2D eigenvalue weighted by molar-refractivity contribution is 14.1. The molecule has 220 valence electrons. The Balaban J connectivity index is 1.52. The van der Waals surface area contributed by atoms with Crippen LogP contribution in [0, 0.1) is 21.3 Å². The van der Waals surface area contributed by atoms with Gasteiger partial charge in [0.2, 0.25) is 11.8 Å². The van der Waals surface area contributed by atoms with E-state index in [0.717, 1.165) is 16.9 Å². The molecule has 2 aromatic rings. The number of carbonyl (C=O) groups is 4. The van der Waals surface area contributed by atoms with Crippen LogP contribution in [0.25, 0.3) is 0 Å². The number of hydrogen-bond donors (Lipinski definition) is 1. The lowest BCUT2D eigenvalue weighted by molar-refractivity contribution is -0.138. The molecule has 0 radical (unpaired) electrons. The molecule has 2 heterocycles. The molecule has 8 nitrogen and oxygen atoms in total.